The summed E-state index contributed by atoms with van der Waals surface area (Å²) >= 11 is 6.42. The fourth-order valence-corrected chi connectivity index (χ4v) is 6.86. The monoisotopic (exact) mass is 790 g/mol. The molecule has 2 aliphatic heterocycles. The highest BCUT2D eigenvalue weighted by Gasteiger charge is 2.45. The average Bonchev–Trinajstić information content (AvgIpc) is 3.46. The smallest absolute Gasteiger partial charge is 0.263 e. The van der Waals surface area contributed by atoms with Crippen molar-refractivity contribution >= 4 is 64.3 Å². The number of anilines is 4. The second-order valence-electron chi connectivity index (χ2n) is 13.5. The van der Waals surface area contributed by atoms with Gasteiger partial charge in [-0.05, 0) is 93.2 Å². The maximum Gasteiger partial charge on any atom is 0.263 e. The minimum absolute atomic E-state index is 0.0672. The van der Waals surface area contributed by atoms with Gasteiger partial charge in [0.1, 0.15) is 16.8 Å². The van der Waals surface area contributed by atoms with Crippen molar-refractivity contribution in [1.82, 2.24) is 30.8 Å². The highest BCUT2D eigenvalue weighted by molar-refractivity contribution is 6.33. The zero-order valence-corrected chi connectivity index (χ0v) is 32.6. The number of nitrogens with zero attached hydrogens (tertiary/aromatic N) is 3. The molecule has 294 valence electrons. The van der Waals surface area contributed by atoms with Crippen molar-refractivity contribution in [2.45, 2.75) is 57.9 Å². The number of halogens is 1. The first-order valence-electron chi connectivity index (χ1n) is 18.7. The summed E-state index contributed by atoms with van der Waals surface area (Å²) in [5.41, 5.74) is 4.80. The molecular formula is C42H43ClN8O6. The zero-order chi connectivity index (χ0) is 40.5. The number of aryl methyl sites for hydroxylation is 1. The number of piperidine rings is 1. The third kappa shape index (κ3) is 9.40. The van der Waals surface area contributed by atoms with E-state index in [1.54, 1.807) is 50.6 Å². The van der Waals surface area contributed by atoms with Gasteiger partial charge < -0.3 is 26.0 Å². The normalized spacial score (nSPS) is 14.7. The first-order valence-corrected chi connectivity index (χ1v) is 19.1. The van der Waals surface area contributed by atoms with Crippen LogP contribution >= 0.6 is 11.6 Å². The van der Waals surface area contributed by atoms with Gasteiger partial charge in [0.2, 0.25) is 17.8 Å². The molecule has 0 bridgehead atoms. The molecule has 0 spiro atoms. The number of methoxy groups -OCH3 is 1. The summed E-state index contributed by atoms with van der Waals surface area (Å²) in [6.45, 7) is 3.67. The van der Waals surface area contributed by atoms with Gasteiger partial charge in [0.25, 0.3) is 17.7 Å². The largest absolute Gasteiger partial charge is 0.495 e. The van der Waals surface area contributed by atoms with Crippen LogP contribution in [-0.2, 0) is 16.0 Å². The number of nitrogens with one attached hydrogen (secondary N) is 5. The molecule has 5 N–H and O–H groups in total. The number of hydrogen-bond acceptors (Lipinski definition) is 11. The van der Waals surface area contributed by atoms with Crippen molar-refractivity contribution < 1.29 is 28.7 Å². The molecule has 0 aliphatic carbocycles. The van der Waals surface area contributed by atoms with Crippen LogP contribution in [0.25, 0.3) is 0 Å². The number of aromatic nitrogens is 2. The molecule has 1 unspecified atom stereocenters. The van der Waals surface area contributed by atoms with Crippen LogP contribution in [0.1, 0.15) is 86.3 Å². The number of rotatable bonds is 15. The highest BCUT2D eigenvalue weighted by atomic mass is 35.5. The SMILES string of the molecule is CNC(=O)c1ccccc1Nc1nc(Nc2cc(C)c(CCNCCCCCC#Cc3cccc4c3C(=O)N(C3CCC(=O)NC3=O)C4=O)cc2OC)ncc1Cl. The molecule has 57 heavy (non-hydrogen) atoms. The Balaban J connectivity index is 0.953. The molecule has 2 aliphatic rings. The summed E-state index contributed by atoms with van der Waals surface area (Å²) in [5.74, 6) is 5.08. The molecule has 5 amide bonds. The van der Waals surface area contributed by atoms with Crippen molar-refractivity contribution in [3.63, 3.8) is 0 Å². The second-order valence-corrected chi connectivity index (χ2v) is 13.9. The average molecular weight is 791 g/mol. The standard InChI is InChI=1S/C42H43ClN8O6/c1-25-22-32(48-42-46-24-30(43)37(50-42)47-31-16-9-8-14-28(31)38(53)44-2)34(57-3)23-27(25)19-21-45-20-10-6-4-5-7-12-26-13-11-15-29-36(26)41(56)51(40(29)55)33-17-18-35(52)49-39(33)54/h8-9,11,13-16,22-24,33,45H,4-6,10,17-21H2,1-3H3,(H,44,53)(H,49,52,54)(H2,46,47,48,50). The summed E-state index contributed by atoms with van der Waals surface area (Å²) in [4.78, 5) is 72.5. The summed E-state index contributed by atoms with van der Waals surface area (Å²) in [6.07, 6.45) is 5.90. The molecule has 1 saturated heterocycles. The Morgan fingerprint density at radius 1 is 1.00 bits per heavy atom. The first kappa shape index (κ1) is 40.4. The van der Waals surface area contributed by atoms with E-state index in [-0.39, 0.29) is 29.9 Å². The summed E-state index contributed by atoms with van der Waals surface area (Å²) in [7, 11) is 3.18. The predicted octanol–water partition coefficient (Wildman–Crippen LogP) is 5.44. The number of fused-ring (bicyclic) bond motifs is 1. The van der Waals surface area contributed by atoms with Crippen LogP contribution in [0.2, 0.25) is 5.02 Å². The molecule has 4 aromatic rings. The van der Waals surface area contributed by atoms with Crippen molar-refractivity contribution in [3.8, 4) is 17.6 Å². The third-order valence-corrected chi connectivity index (χ3v) is 9.99. The third-order valence-electron chi connectivity index (χ3n) is 9.72. The van der Waals surface area contributed by atoms with Gasteiger partial charge in [-0.2, -0.15) is 4.98 Å². The van der Waals surface area contributed by atoms with Crippen LogP contribution in [0.15, 0.2) is 60.8 Å². The van der Waals surface area contributed by atoms with Gasteiger partial charge in [-0.15, -0.1) is 0 Å². The van der Waals surface area contributed by atoms with E-state index >= 15 is 0 Å². The molecule has 0 radical (unpaired) electrons. The molecule has 15 heteroatoms. The number of unbranched alkanes of at least 4 members (excludes halogenated alkanes) is 3. The Kier molecular flexibility index (Phi) is 13.1. The molecule has 3 aromatic carbocycles. The van der Waals surface area contributed by atoms with Crippen LogP contribution in [-0.4, -0.2) is 77.7 Å². The van der Waals surface area contributed by atoms with E-state index in [0.29, 0.717) is 51.5 Å². The molecule has 14 nitrogen and oxygen atoms in total. The minimum atomic E-state index is -1.01. The van der Waals surface area contributed by atoms with Gasteiger partial charge in [0, 0.05) is 25.5 Å². The summed E-state index contributed by atoms with van der Waals surface area (Å²) in [6, 6.07) is 15.0. The van der Waals surface area contributed by atoms with Gasteiger partial charge in [-0.1, -0.05) is 48.1 Å². The molecule has 1 fully saturated rings. The molecule has 6 rings (SSSR count). The number of imide groups is 2. The number of amides is 5. The van der Waals surface area contributed by atoms with Crippen molar-refractivity contribution in [3.05, 3.63) is 99.2 Å². The Labute approximate surface area is 335 Å². The molecular weight excluding hydrogens is 748 g/mol. The molecule has 1 aromatic heterocycles. The summed E-state index contributed by atoms with van der Waals surface area (Å²) < 4.78 is 5.71. The highest BCUT2D eigenvalue weighted by Crippen LogP contribution is 2.33. The van der Waals surface area contributed by atoms with Crippen molar-refractivity contribution in [2.24, 2.45) is 0 Å². The maximum atomic E-state index is 13.3. The van der Waals surface area contributed by atoms with Crippen molar-refractivity contribution in [2.75, 3.05) is 37.9 Å². The van der Waals surface area contributed by atoms with Crippen molar-refractivity contribution in [1.29, 1.82) is 0 Å². The number of para-hydroxylation sites is 1. The lowest BCUT2D eigenvalue weighted by atomic mass is 10.0. The zero-order valence-electron chi connectivity index (χ0n) is 31.9. The Morgan fingerprint density at radius 2 is 1.82 bits per heavy atom. The lowest BCUT2D eigenvalue weighted by Crippen LogP contribution is -2.54. The van der Waals surface area contributed by atoms with Gasteiger partial charge in [-0.25, -0.2) is 4.98 Å². The quantitative estimate of drug-likeness (QED) is 0.0587. The van der Waals surface area contributed by atoms with Gasteiger partial charge in [0.05, 0.1) is 41.4 Å². The van der Waals surface area contributed by atoms with Crippen LogP contribution in [0.4, 0.5) is 23.1 Å². The molecule has 0 saturated carbocycles. The number of ether oxygens (including phenoxy) is 1. The fourth-order valence-electron chi connectivity index (χ4n) is 6.72. The van der Waals surface area contributed by atoms with E-state index in [4.69, 9.17) is 16.3 Å². The fraction of sp³-hybridized carbons (Fsp3) is 0.310. The van der Waals surface area contributed by atoms with E-state index in [0.717, 1.165) is 54.8 Å². The van der Waals surface area contributed by atoms with E-state index in [9.17, 15) is 24.0 Å². The number of carbonyl (C=O) groups excluding carboxylic acids is 5. The minimum Gasteiger partial charge on any atom is -0.495 e. The number of hydrogen-bond donors (Lipinski definition) is 5. The van der Waals surface area contributed by atoms with Crippen LogP contribution < -0.4 is 31.3 Å². The predicted molar refractivity (Wildman–Crippen MR) is 216 cm³/mol. The van der Waals surface area contributed by atoms with E-state index in [1.807, 2.05) is 25.1 Å². The van der Waals surface area contributed by atoms with Crippen LogP contribution in [0.5, 0.6) is 5.75 Å². The molecule has 3 heterocycles. The number of carbonyl (C=O) groups is 5. The Morgan fingerprint density at radius 3 is 2.61 bits per heavy atom. The van der Waals surface area contributed by atoms with Gasteiger partial charge in [-0.3, -0.25) is 34.2 Å². The first-order chi connectivity index (χ1) is 27.6. The lowest BCUT2D eigenvalue weighted by molar-refractivity contribution is -0.136. The molecule has 1 atom stereocenters. The Bertz CT molecular complexity index is 2290. The second kappa shape index (κ2) is 18.6. The van der Waals surface area contributed by atoms with E-state index in [1.165, 1.54) is 6.20 Å². The Hall–Kier alpha value is -6.30. The van der Waals surface area contributed by atoms with E-state index in [2.05, 4.69) is 48.4 Å². The van der Waals surface area contributed by atoms with Crippen LogP contribution in [0, 0.1) is 18.8 Å². The van der Waals surface area contributed by atoms with E-state index < -0.39 is 29.7 Å². The maximum absolute atomic E-state index is 13.3. The van der Waals surface area contributed by atoms with Gasteiger partial charge >= 0.3 is 0 Å². The lowest BCUT2D eigenvalue weighted by Gasteiger charge is -2.27. The topological polar surface area (TPSA) is 184 Å². The number of benzene rings is 3. The van der Waals surface area contributed by atoms with Crippen LogP contribution in [0.3, 0.4) is 0 Å². The van der Waals surface area contributed by atoms with Gasteiger partial charge in [0.15, 0.2) is 5.82 Å². The summed E-state index contributed by atoms with van der Waals surface area (Å²) in [5, 5.41) is 15.0.